The first kappa shape index (κ1) is 22.6. The summed E-state index contributed by atoms with van der Waals surface area (Å²) in [6.07, 6.45) is 0. The molecule has 1 N–H and O–H groups in total. The Bertz CT molecular complexity index is 1270. The van der Waals surface area contributed by atoms with E-state index in [-0.39, 0.29) is 11.7 Å². The second kappa shape index (κ2) is 10.4. The van der Waals surface area contributed by atoms with Crippen molar-refractivity contribution >= 4 is 50.3 Å². The third-order valence-electron chi connectivity index (χ3n) is 5.35. The topological polar surface area (TPSA) is 94.4 Å². The number of thioether (sulfide) groups is 1. The fourth-order valence-corrected chi connectivity index (χ4v) is 5.30. The number of benzene rings is 2. The van der Waals surface area contributed by atoms with Crippen LogP contribution in [0.2, 0.25) is 0 Å². The summed E-state index contributed by atoms with van der Waals surface area (Å²) >= 11 is 2.79. The Morgan fingerprint density at radius 2 is 2.00 bits per heavy atom. The van der Waals surface area contributed by atoms with Crippen LogP contribution in [-0.2, 0) is 16.1 Å². The molecule has 5 rings (SSSR count). The van der Waals surface area contributed by atoms with Crippen LogP contribution >= 0.6 is 23.1 Å². The van der Waals surface area contributed by atoms with Crippen molar-refractivity contribution in [2.24, 2.45) is 0 Å². The van der Waals surface area contributed by atoms with Crippen LogP contribution in [0.4, 0.5) is 11.1 Å². The van der Waals surface area contributed by atoms with Crippen molar-refractivity contribution in [1.82, 2.24) is 19.7 Å². The minimum Gasteiger partial charge on any atom is -0.497 e. The third kappa shape index (κ3) is 5.16. The lowest BCUT2D eigenvalue weighted by Crippen LogP contribution is -2.38. The summed E-state index contributed by atoms with van der Waals surface area (Å²) in [5.74, 6) is 1.63. The summed E-state index contributed by atoms with van der Waals surface area (Å²) in [7, 11) is 1.63. The molecule has 11 heteroatoms. The van der Waals surface area contributed by atoms with Crippen molar-refractivity contribution in [3.8, 4) is 5.75 Å². The van der Waals surface area contributed by atoms with Crippen molar-refractivity contribution in [2.75, 3.05) is 49.4 Å². The van der Waals surface area contributed by atoms with Crippen LogP contribution in [0.25, 0.3) is 10.2 Å². The van der Waals surface area contributed by atoms with Gasteiger partial charge in [0, 0.05) is 13.1 Å². The number of rotatable bonds is 8. The highest BCUT2D eigenvalue weighted by Gasteiger charge is 2.21. The fraction of sp³-hybridized carbons (Fsp3) is 0.304. The molecule has 0 unspecified atom stereocenters. The maximum Gasteiger partial charge on any atom is 0.236 e. The Morgan fingerprint density at radius 3 is 2.79 bits per heavy atom. The van der Waals surface area contributed by atoms with Crippen LogP contribution in [0, 0.1) is 0 Å². The second-order valence-corrected chi connectivity index (χ2v) is 9.62. The molecule has 0 atom stereocenters. The van der Waals surface area contributed by atoms with Crippen molar-refractivity contribution in [3.63, 3.8) is 0 Å². The minimum absolute atomic E-state index is 0.141. The van der Waals surface area contributed by atoms with E-state index >= 15 is 0 Å². The smallest absolute Gasteiger partial charge is 0.236 e. The van der Waals surface area contributed by atoms with Gasteiger partial charge in [-0.15, -0.1) is 10.2 Å². The Morgan fingerprint density at radius 1 is 1.18 bits per heavy atom. The van der Waals surface area contributed by atoms with Gasteiger partial charge in [0.2, 0.25) is 11.9 Å². The summed E-state index contributed by atoms with van der Waals surface area (Å²) in [6.45, 7) is 3.49. The molecule has 1 aliphatic rings. The molecule has 1 fully saturated rings. The van der Waals surface area contributed by atoms with E-state index in [0.29, 0.717) is 30.0 Å². The zero-order valence-electron chi connectivity index (χ0n) is 18.6. The number of nitrogens with zero attached hydrogens (tertiary/aromatic N) is 5. The standard InChI is InChI=1S/C23H24N6O3S2/c1-31-17-7-8-18-19(13-17)34-21(24-18)25-20(30)15-33-23-27-26-22(28-9-11-32-12-10-28)29(23)14-16-5-3-2-4-6-16/h2-8,13H,9-12,14-15H2,1H3,(H,24,25,30). The molecule has 1 amide bonds. The van der Waals surface area contributed by atoms with E-state index in [1.165, 1.54) is 23.1 Å². The second-order valence-electron chi connectivity index (χ2n) is 7.64. The molecule has 0 spiro atoms. The van der Waals surface area contributed by atoms with Gasteiger partial charge in [0.15, 0.2) is 10.3 Å². The summed E-state index contributed by atoms with van der Waals surface area (Å²) in [5, 5.41) is 13.0. The average Bonchev–Trinajstić information content (AvgIpc) is 3.46. The number of amides is 1. The van der Waals surface area contributed by atoms with Gasteiger partial charge in [-0.1, -0.05) is 53.4 Å². The van der Waals surface area contributed by atoms with Gasteiger partial charge in [0.25, 0.3) is 0 Å². The number of hydrogen-bond donors (Lipinski definition) is 1. The number of methoxy groups -OCH3 is 1. The number of thiazole rings is 1. The molecule has 0 aliphatic carbocycles. The van der Waals surface area contributed by atoms with Gasteiger partial charge in [0.1, 0.15) is 5.75 Å². The molecule has 9 nitrogen and oxygen atoms in total. The first-order valence-electron chi connectivity index (χ1n) is 10.9. The number of carbonyl (C=O) groups is 1. The summed E-state index contributed by atoms with van der Waals surface area (Å²) in [6, 6.07) is 15.8. The number of aromatic nitrogens is 4. The van der Waals surface area contributed by atoms with Gasteiger partial charge in [-0.3, -0.25) is 9.36 Å². The number of morpholine rings is 1. The predicted molar refractivity (Wildman–Crippen MR) is 134 cm³/mol. The van der Waals surface area contributed by atoms with Gasteiger partial charge in [-0.2, -0.15) is 0 Å². The number of carbonyl (C=O) groups excluding carboxylic acids is 1. The first-order chi connectivity index (χ1) is 16.7. The van der Waals surface area contributed by atoms with Crippen LogP contribution in [0.15, 0.2) is 53.7 Å². The molecule has 0 saturated carbocycles. The maximum atomic E-state index is 12.7. The maximum absolute atomic E-state index is 12.7. The molecule has 1 aliphatic heterocycles. The molecule has 34 heavy (non-hydrogen) atoms. The minimum atomic E-state index is -0.141. The molecular formula is C23H24N6O3S2. The monoisotopic (exact) mass is 496 g/mol. The lowest BCUT2D eigenvalue weighted by molar-refractivity contribution is -0.113. The first-order valence-corrected chi connectivity index (χ1v) is 12.7. The van der Waals surface area contributed by atoms with Gasteiger partial charge < -0.3 is 19.7 Å². The highest BCUT2D eigenvalue weighted by molar-refractivity contribution is 7.99. The van der Waals surface area contributed by atoms with E-state index in [9.17, 15) is 4.79 Å². The van der Waals surface area contributed by atoms with Crippen molar-refractivity contribution in [1.29, 1.82) is 0 Å². The van der Waals surface area contributed by atoms with Crippen LogP contribution in [0.5, 0.6) is 5.75 Å². The van der Waals surface area contributed by atoms with Crippen LogP contribution < -0.4 is 15.0 Å². The Balaban J connectivity index is 1.29. The van der Waals surface area contributed by atoms with Crippen molar-refractivity contribution in [3.05, 3.63) is 54.1 Å². The highest BCUT2D eigenvalue weighted by atomic mass is 32.2. The van der Waals surface area contributed by atoms with Crippen LogP contribution in [0.3, 0.4) is 0 Å². The summed E-state index contributed by atoms with van der Waals surface area (Å²) in [5.41, 5.74) is 1.97. The van der Waals surface area contributed by atoms with E-state index in [0.717, 1.165) is 40.6 Å². The van der Waals surface area contributed by atoms with Crippen LogP contribution in [0.1, 0.15) is 5.56 Å². The largest absolute Gasteiger partial charge is 0.497 e. The van der Waals surface area contributed by atoms with E-state index in [1.807, 2.05) is 36.4 Å². The molecule has 2 aromatic heterocycles. The fourth-order valence-electron chi connectivity index (χ4n) is 3.66. The van der Waals surface area contributed by atoms with Gasteiger partial charge in [-0.05, 0) is 23.8 Å². The Hall–Kier alpha value is -3.15. The Labute approximate surface area is 205 Å². The van der Waals surface area contributed by atoms with E-state index < -0.39 is 0 Å². The van der Waals surface area contributed by atoms with Gasteiger partial charge >= 0.3 is 0 Å². The zero-order chi connectivity index (χ0) is 23.3. The van der Waals surface area contributed by atoms with Gasteiger partial charge in [0.05, 0.1) is 42.8 Å². The number of anilines is 2. The van der Waals surface area contributed by atoms with Crippen molar-refractivity contribution < 1.29 is 14.3 Å². The number of ether oxygens (including phenoxy) is 2. The van der Waals surface area contributed by atoms with Gasteiger partial charge in [-0.25, -0.2) is 4.98 Å². The molecule has 0 bridgehead atoms. The quantitative estimate of drug-likeness (QED) is 0.371. The number of fused-ring (bicyclic) bond motifs is 1. The zero-order valence-corrected chi connectivity index (χ0v) is 20.3. The third-order valence-corrected chi connectivity index (χ3v) is 7.25. The van der Waals surface area contributed by atoms with Crippen molar-refractivity contribution in [2.45, 2.75) is 11.7 Å². The van der Waals surface area contributed by atoms with Crippen LogP contribution in [-0.4, -0.2) is 64.8 Å². The van der Waals surface area contributed by atoms with E-state index in [1.54, 1.807) is 7.11 Å². The predicted octanol–water partition coefficient (Wildman–Crippen LogP) is 3.51. The normalized spacial score (nSPS) is 13.9. The lowest BCUT2D eigenvalue weighted by Gasteiger charge is -2.28. The number of hydrogen-bond acceptors (Lipinski definition) is 9. The highest BCUT2D eigenvalue weighted by Crippen LogP contribution is 2.30. The van der Waals surface area contributed by atoms with E-state index in [2.05, 4.69) is 42.1 Å². The molecule has 0 radical (unpaired) electrons. The average molecular weight is 497 g/mol. The Kier molecular flexibility index (Phi) is 6.93. The SMILES string of the molecule is COc1ccc2nc(NC(=O)CSc3nnc(N4CCOCC4)n3Cc3ccccc3)sc2c1. The molecule has 4 aromatic rings. The summed E-state index contributed by atoms with van der Waals surface area (Å²) in [4.78, 5) is 19.4. The molecule has 1 saturated heterocycles. The molecule has 2 aromatic carbocycles. The summed E-state index contributed by atoms with van der Waals surface area (Å²) < 4.78 is 13.8. The van der Waals surface area contributed by atoms with E-state index in [4.69, 9.17) is 9.47 Å². The molecule has 176 valence electrons. The molecule has 3 heterocycles. The lowest BCUT2D eigenvalue weighted by atomic mass is 10.2. The number of nitrogens with one attached hydrogen (secondary N) is 1. The molecular weight excluding hydrogens is 472 g/mol.